The third-order valence-electron chi connectivity index (χ3n) is 6.65. The van der Waals surface area contributed by atoms with Gasteiger partial charge in [-0.15, -0.1) is 0 Å². The molecule has 0 aromatic heterocycles. The van der Waals surface area contributed by atoms with E-state index in [1.54, 1.807) is 31.2 Å². The molecule has 0 saturated carbocycles. The summed E-state index contributed by atoms with van der Waals surface area (Å²) in [5.41, 5.74) is 4.71. The highest BCUT2D eigenvalue weighted by molar-refractivity contribution is 5.95. The van der Waals surface area contributed by atoms with E-state index in [9.17, 15) is 9.18 Å². The van der Waals surface area contributed by atoms with E-state index in [-0.39, 0.29) is 11.7 Å². The Labute approximate surface area is 191 Å². The number of hydrogen-bond acceptors (Lipinski definition) is 4. The molecular formula is C26H36FN3O2. The Morgan fingerprint density at radius 3 is 2.50 bits per heavy atom. The van der Waals surface area contributed by atoms with Crippen molar-refractivity contribution in [3.8, 4) is 0 Å². The lowest BCUT2D eigenvalue weighted by Gasteiger charge is -2.26. The first kappa shape index (κ1) is 24.4. The molecule has 0 aliphatic carbocycles. The molecule has 3 rings (SSSR count). The zero-order chi connectivity index (χ0) is 23.4. The number of nitrogens with zero attached hydrogens (tertiary/aromatic N) is 3. The van der Waals surface area contributed by atoms with Crippen molar-refractivity contribution in [2.75, 3.05) is 54.5 Å². The monoisotopic (exact) mass is 441 g/mol. The summed E-state index contributed by atoms with van der Waals surface area (Å²) in [7, 11) is 7.64. The molecule has 2 atom stereocenters. The van der Waals surface area contributed by atoms with E-state index < -0.39 is 0 Å². The minimum atomic E-state index is -0.133. The van der Waals surface area contributed by atoms with Crippen LogP contribution in [0.25, 0.3) is 0 Å². The molecular weight excluding hydrogens is 405 g/mol. The van der Waals surface area contributed by atoms with Crippen LogP contribution in [-0.4, -0.2) is 81.1 Å². The number of methoxy groups -OCH3 is 1. The first-order valence-corrected chi connectivity index (χ1v) is 11.2. The molecule has 1 amide bonds. The smallest absolute Gasteiger partial charge is 0.253 e. The van der Waals surface area contributed by atoms with Gasteiger partial charge >= 0.3 is 0 Å². The van der Waals surface area contributed by atoms with Gasteiger partial charge in [0.25, 0.3) is 5.91 Å². The number of likely N-dealkylation sites (tertiary alicyclic amines) is 1. The summed E-state index contributed by atoms with van der Waals surface area (Å²) in [4.78, 5) is 19.1. The summed E-state index contributed by atoms with van der Waals surface area (Å²) in [5, 5.41) is 0. The van der Waals surface area contributed by atoms with E-state index in [4.69, 9.17) is 4.74 Å². The van der Waals surface area contributed by atoms with Gasteiger partial charge in [-0.3, -0.25) is 9.69 Å². The highest BCUT2D eigenvalue weighted by Gasteiger charge is 2.35. The summed E-state index contributed by atoms with van der Waals surface area (Å²) >= 11 is 0. The maximum absolute atomic E-state index is 14.4. The highest BCUT2D eigenvalue weighted by Crippen LogP contribution is 2.33. The molecule has 0 bridgehead atoms. The lowest BCUT2D eigenvalue weighted by Crippen LogP contribution is -2.34. The van der Waals surface area contributed by atoms with Crippen LogP contribution in [0.5, 0.6) is 0 Å². The van der Waals surface area contributed by atoms with Crippen LogP contribution in [0.4, 0.5) is 4.39 Å². The fourth-order valence-corrected chi connectivity index (χ4v) is 4.63. The van der Waals surface area contributed by atoms with Gasteiger partial charge in [0.15, 0.2) is 0 Å². The first-order valence-electron chi connectivity index (χ1n) is 11.2. The standard InChI is InChI=1S/C26H36FN3O2/c1-18-8-7-9-24(27)22(18)15-30-16-23(25(17-30)28(3)4)20-10-11-21(19(2)14-20)26(31)29(5)12-13-32-6/h7-11,14,23,25H,12-13,15-17H2,1-6H3/t23-,25+/m1/s1. The van der Waals surface area contributed by atoms with Gasteiger partial charge in [0.05, 0.1) is 6.61 Å². The molecule has 1 fully saturated rings. The predicted molar refractivity (Wildman–Crippen MR) is 127 cm³/mol. The van der Waals surface area contributed by atoms with Crippen molar-refractivity contribution in [2.45, 2.75) is 32.4 Å². The zero-order valence-corrected chi connectivity index (χ0v) is 20.2. The number of rotatable bonds is 8. The second-order valence-electron chi connectivity index (χ2n) is 9.16. The van der Waals surface area contributed by atoms with Gasteiger partial charge in [0, 0.05) is 63.4 Å². The summed E-state index contributed by atoms with van der Waals surface area (Å²) in [6.07, 6.45) is 0. The van der Waals surface area contributed by atoms with Gasteiger partial charge in [-0.1, -0.05) is 24.3 Å². The Morgan fingerprint density at radius 1 is 1.12 bits per heavy atom. The fraction of sp³-hybridized carbons (Fsp3) is 0.500. The van der Waals surface area contributed by atoms with Gasteiger partial charge < -0.3 is 14.5 Å². The number of hydrogen-bond donors (Lipinski definition) is 0. The number of ether oxygens (including phenoxy) is 1. The lowest BCUT2D eigenvalue weighted by molar-refractivity contribution is 0.0743. The molecule has 174 valence electrons. The normalized spacial score (nSPS) is 19.0. The second-order valence-corrected chi connectivity index (χ2v) is 9.16. The number of halogens is 1. The van der Waals surface area contributed by atoms with Crippen molar-refractivity contribution in [2.24, 2.45) is 0 Å². The van der Waals surface area contributed by atoms with Crippen molar-refractivity contribution >= 4 is 5.91 Å². The molecule has 2 aromatic carbocycles. The molecule has 1 heterocycles. The minimum Gasteiger partial charge on any atom is -0.383 e. The maximum atomic E-state index is 14.4. The highest BCUT2D eigenvalue weighted by atomic mass is 19.1. The largest absolute Gasteiger partial charge is 0.383 e. The van der Waals surface area contributed by atoms with Crippen LogP contribution < -0.4 is 0 Å². The van der Waals surface area contributed by atoms with Gasteiger partial charge in [-0.05, 0) is 56.8 Å². The van der Waals surface area contributed by atoms with Crippen LogP contribution in [0.1, 0.15) is 38.5 Å². The molecule has 0 unspecified atom stereocenters. The van der Waals surface area contributed by atoms with E-state index in [1.807, 2.05) is 26.0 Å². The van der Waals surface area contributed by atoms with Crippen molar-refractivity contribution in [1.82, 2.24) is 14.7 Å². The predicted octanol–water partition coefficient (Wildman–Crippen LogP) is 3.69. The molecule has 1 saturated heterocycles. The summed E-state index contributed by atoms with van der Waals surface area (Å²) in [6, 6.07) is 11.8. The van der Waals surface area contributed by atoms with Crippen LogP contribution in [0.3, 0.4) is 0 Å². The van der Waals surface area contributed by atoms with Crippen LogP contribution in [0.15, 0.2) is 36.4 Å². The van der Waals surface area contributed by atoms with Crippen LogP contribution in [0.2, 0.25) is 0 Å². The topological polar surface area (TPSA) is 36.0 Å². The van der Waals surface area contributed by atoms with Crippen molar-refractivity contribution in [3.63, 3.8) is 0 Å². The molecule has 2 aromatic rings. The van der Waals surface area contributed by atoms with E-state index in [0.717, 1.165) is 35.3 Å². The zero-order valence-electron chi connectivity index (χ0n) is 20.2. The molecule has 0 radical (unpaired) electrons. The number of aryl methyl sites for hydroxylation is 2. The minimum absolute atomic E-state index is 0.0123. The second kappa shape index (κ2) is 10.6. The summed E-state index contributed by atoms with van der Waals surface area (Å²) < 4.78 is 19.5. The van der Waals surface area contributed by atoms with Gasteiger partial charge in [-0.25, -0.2) is 4.39 Å². The molecule has 32 heavy (non-hydrogen) atoms. The Balaban J connectivity index is 1.79. The molecule has 6 heteroatoms. The fourth-order valence-electron chi connectivity index (χ4n) is 4.63. The Bertz CT molecular complexity index is 926. The van der Waals surface area contributed by atoms with Crippen LogP contribution in [-0.2, 0) is 11.3 Å². The van der Waals surface area contributed by atoms with E-state index in [1.165, 1.54) is 5.56 Å². The Hall–Kier alpha value is -2.28. The quantitative estimate of drug-likeness (QED) is 0.626. The molecule has 5 nitrogen and oxygen atoms in total. The van der Waals surface area contributed by atoms with Gasteiger partial charge in [0.2, 0.25) is 0 Å². The molecule has 0 N–H and O–H groups in total. The molecule has 1 aliphatic rings. The first-order chi connectivity index (χ1) is 15.2. The number of likely N-dealkylation sites (N-methyl/N-ethyl adjacent to an activating group) is 2. The van der Waals surface area contributed by atoms with Gasteiger partial charge in [0.1, 0.15) is 5.82 Å². The van der Waals surface area contributed by atoms with E-state index >= 15 is 0 Å². The van der Waals surface area contributed by atoms with Crippen molar-refractivity contribution < 1.29 is 13.9 Å². The third kappa shape index (κ3) is 5.37. The van der Waals surface area contributed by atoms with Crippen molar-refractivity contribution in [1.29, 1.82) is 0 Å². The number of amides is 1. The van der Waals surface area contributed by atoms with Gasteiger partial charge in [-0.2, -0.15) is 0 Å². The van der Waals surface area contributed by atoms with Crippen LogP contribution >= 0.6 is 0 Å². The van der Waals surface area contributed by atoms with Crippen LogP contribution in [0, 0.1) is 19.7 Å². The SMILES string of the molecule is COCCN(C)C(=O)c1ccc([C@H]2CN(Cc3c(C)cccc3F)C[C@@H]2N(C)C)cc1C. The third-order valence-corrected chi connectivity index (χ3v) is 6.65. The maximum Gasteiger partial charge on any atom is 0.253 e. The van der Waals surface area contributed by atoms with E-state index in [2.05, 4.69) is 36.0 Å². The summed E-state index contributed by atoms with van der Waals surface area (Å²) in [6.45, 7) is 7.40. The molecule has 1 aliphatic heterocycles. The average molecular weight is 442 g/mol. The Kier molecular flexibility index (Phi) is 8.04. The number of carbonyl (C=O) groups is 1. The van der Waals surface area contributed by atoms with E-state index in [0.29, 0.717) is 31.7 Å². The van der Waals surface area contributed by atoms with Crippen molar-refractivity contribution in [3.05, 3.63) is 70.0 Å². The summed E-state index contributed by atoms with van der Waals surface area (Å²) in [5.74, 6) is 0.177. The lowest BCUT2D eigenvalue weighted by atomic mass is 9.91. The number of carbonyl (C=O) groups excluding carboxylic acids is 1. The Morgan fingerprint density at radius 2 is 1.88 bits per heavy atom. The number of benzene rings is 2. The molecule has 0 spiro atoms. The average Bonchev–Trinajstić information content (AvgIpc) is 3.18.